The van der Waals surface area contributed by atoms with Crippen molar-refractivity contribution in [1.29, 1.82) is 0 Å². The summed E-state index contributed by atoms with van der Waals surface area (Å²) in [5.74, 6) is -0.0337. The lowest BCUT2D eigenvalue weighted by Crippen LogP contribution is -2.47. The third-order valence-electron chi connectivity index (χ3n) is 4.28. The van der Waals surface area contributed by atoms with Crippen LogP contribution in [0.25, 0.3) is 0 Å². The van der Waals surface area contributed by atoms with Gasteiger partial charge in [-0.25, -0.2) is 4.68 Å². The summed E-state index contributed by atoms with van der Waals surface area (Å²) in [5, 5.41) is 21.4. The zero-order chi connectivity index (χ0) is 18.5. The Kier molecular flexibility index (Phi) is 6.43. The summed E-state index contributed by atoms with van der Waals surface area (Å²) in [4.78, 5) is 14.0. The molecule has 1 amide bonds. The molecule has 1 aromatic rings. The van der Waals surface area contributed by atoms with E-state index in [-0.39, 0.29) is 18.9 Å². The topological polar surface area (TPSA) is 134 Å². The molecule has 0 bridgehead atoms. The largest absolute Gasteiger partial charge is 0.388 e. The minimum absolute atomic E-state index is 0.0337. The van der Waals surface area contributed by atoms with E-state index in [1.54, 1.807) is 4.90 Å². The van der Waals surface area contributed by atoms with Crippen LogP contribution >= 0.6 is 0 Å². The first-order chi connectivity index (χ1) is 11.7. The third-order valence-corrected chi connectivity index (χ3v) is 5.75. The van der Waals surface area contributed by atoms with Crippen LogP contribution in [0.3, 0.4) is 0 Å². The van der Waals surface area contributed by atoms with E-state index in [4.69, 9.17) is 0 Å². The molecule has 1 aliphatic rings. The van der Waals surface area contributed by atoms with Gasteiger partial charge in [0.1, 0.15) is 6.33 Å². The number of tetrazole rings is 1. The summed E-state index contributed by atoms with van der Waals surface area (Å²) in [6.45, 7) is 1.25. The van der Waals surface area contributed by atoms with Gasteiger partial charge in [0.2, 0.25) is 5.91 Å². The number of amides is 1. The highest BCUT2D eigenvalue weighted by Crippen LogP contribution is 2.22. The van der Waals surface area contributed by atoms with Gasteiger partial charge in [0, 0.05) is 40.2 Å². The van der Waals surface area contributed by atoms with E-state index >= 15 is 0 Å². The SMILES string of the molecule is CN(C)S(=O)(=O)NC[C@]1(O)CCCN(C(=O)CCn2cnnn2)CC1. The molecule has 0 saturated carbocycles. The van der Waals surface area contributed by atoms with Crippen LogP contribution in [0, 0.1) is 0 Å². The number of likely N-dealkylation sites (tertiary alicyclic amines) is 1. The summed E-state index contributed by atoms with van der Waals surface area (Å²) >= 11 is 0. The summed E-state index contributed by atoms with van der Waals surface area (Å²) < 4.78 is 28.5. The number of nitrogens with zero attached hydrogens (tertiary/aromatic N) is 6. The maximum Gasteiger partial charge on any atom is 0.279 e. The van der Waals surface area contributed by atoms with Crippen LogP contribution in [0.2, 0.25) is 0 Å². The van der Waals surface area contributed by atoms with E-state index < -0.39 is 15.8 Å². The minimum Gasteiger partial charge on any atom is -0.388 e. The molecule has 1 aliphatic heterocycles. The van der Waals surface area contributed by atoms with Gasteiger partial charge in [-0.2, -0.15) is 17.4 Å². The van der Waals surface area contributed by atoms with Crippen molar-refractivity contribution in [2.75, 3.05) is 33.7 Å². The number of aromatic nitrogens is 4. The van der Waals surface area contributed by atoms with Gasteiger partial charge in [0.15, 0.2) is 0 Å². The van der Waals surface area contributed by atoms with Gasteiger partial charge in [-0.1, -0.05) is 0 Å². The van der Waals surface area contributed by atoms with E-state index in [2.05, 4.69) is 20.2 Å². The van der Waals surface area contributed by atoms with Gasteiger partial charge in [-0.15, -0.1) is 5.10 Å². The molecule has 2 heterocycles. The third kappa shape index (κ3) is 5.70. The fourth-order valence-electron chi connectivity index (χ4n) is 2.61. The van der Waals surface area contributed by atoms with E-state index in [0.29, 0.717) is 38.9 Å². The van der Waals surface area contributed by atoms with Crippen molar-refractivity contribution in [3.63, 3.8) is 0 Å². The summed E-state index contributed by atoms with van der Waals surface area (Å²) in [5.41, 5.74) is -1.16. The quantitative estimate of drug-likeness (QED) is 0.574. The lowest BCUT2D eigenvalue weighted by Gasteiger charge is -2.27. The molecule has 142 valence electrons. The van der Waals surface area contributed by atoms with Crippen molar-refractivity contribution in [3.8, 4) is 0 Å². The monoisotopic (exact) mass is 375 g/mol. The van der Waals surface area contributed by atoms with Gasteiger partial charge in [-0.3, -0.25) is 4.79 Å². The van der Waals surface area contributed by atoms with Gasteiger partial charge in [0.05, 0.1) is 12.1 Å². The number of hydrogen-bond donors (Lipinski definition) is 2. The molecule has 11 nitrogen and oxygen atoms in total. The first-order valence-electron chi connectivity index (χ1n) is 8.10. The number of nitrogens with one attached hydrogen (secondary N) is 1. The number of rotatable bonds is 7. The summed E-state index contributed by atoms with van der Waals surface area (Å²) in [6.07, 6.45) is 3.08. The van der Waals surface area contributed by atoms with Crippen LogP contribution in [0.4, 0.5) is 0 Å². The van der Waals surface area contributed by atoms with E-state index in [0.717, 1.165) is 4.31 Å². The molecule has 0 radical (unpaired) electrons. The van der Waals surface area contributed by atoms with Crippen LogP contribution < -0.4 is 4.72 Å². The maximum atomic E-state index is 12.3. The lowest BCUT2D eigenvalue weighted by molar-refractivity contribution is -0.131. The number of hydrogen-bond acceptors (Lipinski definition) is 7. The lowest BCUT2D eigenvalue weighted by atomic mass is 9.95. The molecule has 1 saturated heterocycles. The Morgan fingerprint density at radius 1 is 1.36 bits per heavy atom. The second-order valence-corrected chi connectivity index (χ2v) is 8.36. The van der Waals surface area contributed by atoms with Gasteiger partial charge >= 0.3 is 0 Å². The number of aryl methyl sites for hydroxylation is 1. The van der Waals surface area contributed by atoms with Crippen molar-refractivity contribution >= 4 is 16.1 Å². The normalized spacial score (nSPS) is 22.2. The van der Waals surface area contributed by atoms with Crippen LogP contribution in [0.5, 0.6) is 0 Å². The number of aliphatic hydroxyl groups is 1. The zero-order valence-corrected chi connectivity index (χ0v) is 15.3. The molecule has 0 spiro atoms. The number of carbonyl (C=O) groups is 1. The molecule has 2 N–H and O–H groups in total. The second kappa shape index (κ2) is 8.17. The average molecular weight is 375 g/mol. The van der Waals surface area contributed by atoms with Crippen LogP contribution in [-0.4, -0.2) is 88.2 Å². The molecule has 2 rings (SSSR count). The predicted octanol–water partition coefficient (Wildman–Crippen LogP) is -1.80. The second-order valence-electron chi connectivity index (χ2n) is 6.39. The minimum atomic E-state index is -3.59. The molecular weight excluding hydrogens is 350 g/mol. The smallest absolute Gasteiger partial charge is 0.279 e. The van der Waals surface area contributed by atoms with Crippen molar-refractivity contribution in [3.05, 3.63) is 6.33 Å². The Morgan fingerprint density at radius 2 is 2.12 bits per heavy atom. The van der Waals surface area contributed by atoms with Gasteiger partial charge in [-0.05, 0) is 29.7 Å². The molecule has 25 heavy (non-hydrogen) atoms. The Hall–Kier alpha value is -1.63. The maximum absolute atomic E-state index is 12.3. The first-order valence-corrected chi connectivity index (χ1v) is 9.54. The highest BCUT2D eigenvalue weighted by atomic mass is 32.2. The molecule has 12 heteroatoms. The molecule has 0 aliphatic carbocycles. The van der Waals surface area contributed by atoms with Crippen molar-refractivity contribution in [2.45, 2.75) is 37.8 Å². The summed E-state index contributed by atoms with van der Waals surface area (Å²) in [7, 11) is -0.748. The molecule has 1 atom stereocenters. The molecule has 0 aromatic carbocycles. The molecule has 1 fully saturated rings. The fourth-order valence-corrected chi connectivity index (χ4v) is 3.32. The Labute approximate surface area is 147 Å². The highest BCUT2D eigenvalue weighted by Gasteiger charge is 2.33. The van der Waals surface area contributed by atoms with Crippen LogP contribution in [0.15, 0.2) is 6.33 Å². The van der Waals surface area contributed by atoms with Crippen molar-refractivity contribution in [2.24, 2.45) is 0 Å². The molecular formula is C13H25N7O4S. The zero-order valence-electron chi connectivity index (χ0n) is 14.5. The molecule has 1 aromatic heterocycles. The summed E-state index contributed by atoms with van der Waals surface area (Å²) in [6, 6.07) is 0. The number of carbonyl (C=O) groups excluding carboxylic acids is 1. The fraction of sp³-hybridized carbons (Fsp3) is 0.846. The Bertz CT molecular complexity index is 664. The molecule has 0 unspecified atom stereocenters. The van der Waals surface area contributed by atoms with Crippen LogP contribution in [-0.2, 0) is 21.5 Å². The van der Waals surface area contributed by atoms with Crippen molar-refractivity contribution < 1.29 is 18.3 Å². The van der Waals surface area contributed by atoms with E-state index in [1.165, 1.54) is 25.1 Å². The first kappa shape index (κ1) is 19.7. The predicted molar refractivity (Wildman–Crippen MR) is 88.4 cm³/mol. The Balaban J connectivity index is 1.84. The van der Waals surface area contributed by atoms with Crippen molar-refractivity contribution in [1.82, 2.24) is 34.1 Å². The standard InChI is InChI=1S/C13H25N7O4S/c1-18(2)25(23,24)15-10-13(22)5-3-7-19(9-6-13)12(21)4-8-20-11-14-16-17-20/h11,15,22H,3-10H2,1-2H3/t13-/m0/s1. The van der Waals surface area contributed by atoms with Gasteiger partial charge in [0.25, 0.3) is 10.2 Å². The van der Waals surface area contributed by atoms with Crippen LogP contribution in [0.1, 0.15) is 25.7 Å². The average Bonchev–Trinajstić information content (AvgIpc) is 3.00. The van der Waals surface area contributed by atoms with Gasteiger partial charge < -0.3 is 10.0 Å². The Morgan fingerprint density at radius 3 is 2.76 bits per heavy atom. The van der Waals surface area contributed by atoms with E-state index in [1.807, 2.05) is 0 Å². The van der Waals surface area contributed by atoms with E-state index in [9.17, 15) is 18.3 Å². The highest BCUT2D eigenvalue weighted by molar-refractivity contribution is 7.87.